The Labute approximate surface area is 87.5 Å². The summed E-state index contributed by atoms with van der Waals surface area (Å²) in [5.41, 5.74) is 7.29. The Kier molecular flexibility index (Phi) is 3.53. The summed E-state index contributed by atoms with van der Waals surface area (Å²) in [4.78, 5) is 0. The molecule has 0 aliphatic rings. The zero-order valence-corrected chi connectivity index (χ0v) is 9.58. The third-order valence-electron chi connectivity index (χ3n) is 1.98. The Morgan fingerprint density at radius 3 is 2.33 bits per heavy atom. The van der Waals surface area contributed by atoms with Crippen molar-refractivity contribution in [2.45, 2.75) is 19.9 Å². The normalized spacial score (nSPS) is 13.4. The molecule has 0 aliphatic carbocycles. The molecule has 2 heteroatoms. The van der Waals surface area contributed by atoms with Gasteiger partial charge in [0.05, 0.1) is 0 Å². The minimum Gasteiger partial charge on any atom is -0.324 e. The molecule has 0 fully saturated rings. The summed E-state index contributed by atoms with van der Waals surface area (Å²) in [7, 11) is 0. The largest absolute Gasteiger partial charge is 0.324 e. The lowest BCUT2D eigenvalue weighted by Crippen LogP contribution is -2.17. The van der Waals surface area contributed by atoms with E-state index in [0.717, 1.165) is 0 Å². The molecule has 1 rings (SSSR count). The van der Waals surface area contributed by atoms with Gasteiger partial charge in [-0.15, -0.1) is 0 Å². The molecule has 0 saturated heterocycles. The summed E-state index contributed by atoms with van der Waals surface area (Å²) < 4.78 is 1.26. The molecule has 66 valence electrons. The van der Waals surface area contributed by atoms with Gasteiger partial charge in [0.1, 0.15) is 0 Å². The third-order valence-corrected chi connectivity index (χ3v) is 2.96. The van der Waals surface area contributed by atoms with Crippen LogP contribution in [-0.2, 0) is 0 Å². The van der Waals surface area contributed by atoms with Gasteiger partial charge in [-0.1, -0.05) is 32.0 Å². The van der Waals surface area contributed by atoms with Gasteiger partial charge in [-0.3, -0.25) is 0 Å². The molecule has 2 N–H and O–H groups in total. The maximum Gasteiger partial charge on any atom is 0.0328 e. The Morgan fingerprint density at radius 1 is 1.25 bits per heavy atom. The van der Waals surface area contributed by atoms with Crippen LogP contribution in [0.4, 0.5) is 0 Å². The lowest BCUT2D eigenvalue weighted by Gasteiger charge is -2.17. The van der Waals surface area contributed by atoms with Crippen LogP contribution in [-0.4, -0.2) is 0 Å². The minimum absolute atomic E-state index is 0.165. The smallest absolute Gasteiger partial charge is 0.0328 e. The predicted molar refractivity (Wildman–Crippen MR) is 60.9 cm³/mol. The van der Waals surface area contributed by atoms with E-state index >= 15 is 0 Å². The van der Waals surface area contributed by atoms with Crippen molar-refractivity contribution in [2.75, 3.05) is 0 Å². The first-order chi connectivity index (χ1) is 5.63. The van der Waals surface area contributed by atoms with Crippen LogP contribution in [0.15, 0.2) is 24.3 Å². The second kappa shape index (κ2) is 4.23. The summed E-state index contributed by atoms with van der Waals surface area (Å²) in [6, 6.07) is 8.45. The summed E-state index contributed by atoms with van der Waals surface area (Å²) in [5, 5.41) is 0. The second-order valence-corrected chi connectivity index (χ2v) is 4.45. The molecule has 1 unspecified atom stereocenters. The van der Waals surface area contributed by atoms with Crippen molar-refractivity contribution < 1.29 is 0 Å². The van der Waals surface area contributed by atoms with Crippen molar-refractivity contribution >= 4 is 22.6 Å². The molecule has 0 aromatic heterocycles. The maximum absolute atomic E-state index is 6.03. The van der Waals surface area contributed by atoms with Gasteiger partial charge in [0.15, 0.2) is 0 Å². The number of nitrogens with two attached hydrogens (primary N) is 1. The van der Waals surface area contributed by atoms with Gasteiger partial charge in [-0.05, 0) is 40.1 Å². The highest BCUT2D eigenvalue weighted by atomic mass is 127. The van der Waals surface area contributed by atoms with Crippen molar-refractivity contribution in [3.8, 4) is 0 Å². The van der Waals surface area contributed by atoms with Crippen molar-refractivity contribution in [3.05, 3.63) is 33.4 Å². The quantitative estimate of drug-likeness (QED) is 0.825. The molecule has 1 nitrogen and oxygen atoms in total. The Hall–Kier alpha value is -0.0900. The van der Waals surface area contributed by atoms with Crippen molar-refractivity contribution in [2.24, 2.45) is 11.7 Å². The first-order valence-electron chi connectivity index (χ1n) is 4.13. The molecule has 0 spiro atoms. The average Bonchev–Trinajstić information content (AvgIpc) is 2.04. The zero-order valence-electron chi connectivity index (χ0n) is 7.42. The standard InChI is InChI=1S/C10H14IN/c1-7(2)10(12)8-5-3-4-6-9(8)11/h3-7,10H,12H2,1-2H3. The summed E-state index contributed by atoms with van der Waals surface area (Å²) in [5.74, 6) is 0.501. The fourth-order valence-corrected chi connectivity index (χ4v) is 1.85. The summed E-state index contributed by atoms with van der Waals surface area (Å²) in [6.45, 7) is 4.29. The predicted octanol–water partition coefficient (Wildman–Crippen LogP) is 2.95. The van der Waals surface area contributed by atoms with Crippen LogP contribution in [0.25, 0.3) is 0 Å². The lowest BCUT2D eigenvalue weighted by molar-refractivity contribution is 0.512. The van der Waals surface area contributed by atoms with E-state index in [1.54, 1.807) is 0 Å². The monoisotopic (exact) mass is 275 g/mol. The fraction of sp³-hybridized carbons (Fsp3) is 0.400. The molecule has 0 aliphatic heterocycles. The van der Waals surface area contributed by atoms with Crippen LogP contribution in [0, 0.1) is 9.49 Å². The molecule has 1 atom stereocenters. The van der Waals surface area contributed by atoms with Gasteiger partial charge in [0, 0.05) is 9.61 Å². The Balaban J connectivity index is 2.94. The number of hydrogen-bond donors (Lipinski definition) is 1. The molecule has 0 saturated carbocycles. The first kappa shape index (κ1) is 9.99. The van der Waals surface area contributed by atoms with Gasteiger partial charge in [-0.2, -0.15) is 0 Å². The highest BCUT2D eigenvalue weighted by Gasteiger charge is 2.12. The molecular formula is C10H14IN. The maximum atomic E-state index is 6.03. The fourth-order valence-electron chi connectivity index (χ4n) is 1.10. The molecule has 0 radical (unpaired) electrons. The molecule has 12 heavy (non-hydrogen) atoms. The van der Waals surface area contributed by atoms with Gasteiger partial charge < -0.3 is 5.73 Å². The van der Waals surface area contributed by atoms with Crippen molar-refractivity contribution in [3.63, 3.8) is 0 Å². The van der Waals surface area contributed by atoms with E-state index in [2.05, 4.69) is 48.6 Å². The minimum atomic E-state index is 0.165. The highest BCUT2D eigenvalue weighted by Crippen LogP contribution is 2.23. The number of halogens is 1. The molecule has 0 amide bonds. The molecule has 0 bridgehead atoms. The van der Waals surface area contributed by atoms with Gasteiger partial charge in [-0.25, -0.2) is 0 Å². The first-order valence-corrected chi connectivity index (χ1v) is 5.21. The molecule has 0 heterocycles. The molecular weight excluding hydrogens is 261 g/mol. The number of hydrogen-bond acceptors (Lipinski definition) is 1. The van der Waals surface area contributed by atoms with Crippen LogP contribution >= 0.6 is 22.6 Å². The van der Waals surface area contributed by atoms with Crippen LogP contribution in [0.2, 0.25) is 0 Å². The third kappa shape index (κ3) is 2.20. The van der Waals surface area contributed by atoms with E-state index in [1.165, 1.54) is 9.13 Å². The highest BCUT2D eigenvalue weighted by molar-refractivity contribution is 14.1. The van der Waals surface area contributed by atoms with Crippen LogP contribution in [0.5, 0.6) is 0 Å². The molecule has 1 aromatic rings. The van der Waals surface area contributed by atoms with E-state index in [4.69, 9.17) is 5.73 Å². The van der Waals surface area contributed by atoms with Gasteiger partial charge in [0.2, 0.25) is 0 Å². The van der Waals surface area contributed by atoms with E-state index in [0.29, 0.717) is 5.92 Å². The Morgan fingerprint density at radius 2 is 1.83 bits per heavy atom. The van der Waals surface area contributed by atoms with Gasteiger partial charge >= 0.3 is 0 Å². The lowest BCUT2D eigenvalue weighted by atomic mass is 9.97. The number of benzene rings is 1. The molecule has 1 aromatic carbocycles. The average molecular weight is 275 g/mol. The summed E-state index contributed by atoms with van der Waals surface area (Å²) >= 11 is 2.33. The topological polar surface area (TPSA) is 26.0 Å². The van der Waals surface area contributed by atoms with Crippen LogP contribution < -0.4 is 5.73 Å². The summed E-state index contributed by atoms with van der Waals surface area (Å²) in [6.07, 6.45) is 0. The van der Waals surface area contributed by atoms with Crippen LogP contribution in [0.3, 0.4) is 0 Å². The van der Waals surface area contributed by atoms with Crippen molar-refractivity contribution in [1.82, 2.24) is 0 Å². The van der Waals surface area contributed by atoms with E-state index < -0.39 is 0 Å². The number of rotatable bonds is 2. The Bertz CT molecular complexity index is 258. The van der Waals surface area contributed by atoms with E-state index in [-0.39, 0.29) is 6.04 Å². The second-order valence-electron chi connectivity index (χ2n) is 3.29. The van der Waals surface area contributed by atoms with Gasteiger partial charge in [0.25, 0.3) is 0 Å². The SMILES string of the molecule is CC(C)C(N)c1ccccc1I. The zero-order chi connectivity index (χ0) is 9.14. The van der Waals surface area contributed by atoms with Crippen LogP contribution in [0.1, 0.15) is 25.5 Å². The van der Waals surface area contributed by atoms with E-state index in [1.807, 2.05) is 12.1 Å². The van der Waals surface area contributed by atoms with Crippen molar-refractivity contribution in [1.29, 1.82) is 0 Å². The van der Waals surface area contributed by atoms with E-state index in [9.17, 15) is 0 Å².